The molecular formula is C21H30N6. The number of benzene rings is 1. The normalized spacial score (nSPS) is 18.9. The quantitative estimate of drug-likeness (QED) is 0.894. The molecule has 0 unspecified atom stereocenters. The van der Waals surface area contributed by atoms with Crippen molar-refractivity contribution in [2.45, 2.75) is 18.9 Å². The van der Waals surface area contributed by atoms with E-state index < -0.39 is 0 Å². The van der Waals surface area contributed by atoms with E-state index in [-0.39, 0.29) is 0 Å². The van der Waals surface area contributed by atoms with Gasteiger partial charge in [0.15, 0.2) is 0 Å². The minimum absolute atomic E-state index is 0.673. The van der Waals surface area contributed by atoms with E-state index in [1.165, 1.54) is 24.1 Å². The van der Waals surface area contributed by atoms with Gasteiger partial charge in [0.2, 0.25) is 5.95 Å². The van der Waals surface area contributed by atoms with E-state index in [4.69, 9.17) is 9.97 Å². The largest absolute Gasteiger partial charge is 0.368 e. The van der Waals surface area contributed by atoms with Gasteiger partial charge in [0.1, 0.15) is 0 Å². The van der Waals surface area contributed by atoms with Crippen molar-refractivity contribution in [3.8, 4) is 11.1 Å². The van der Waals surface area contributed by atoms with Gasteiger partial charge in [-0.3, -0.25) is 0 Å². The van der Waals surface area contributed by atoms with Crippen molar-refractivity contribution in [1.82, 2.24) is 20.2 Å². The number of rotatable bonds is 4. The van der Waals surface area contributed by atoms with E-state index in [0.29, 0.717) is 6.04 Å². The molecule has 6 nitrogen and oxygen atoms in total. The Kier molecular flexibility index (Phi) is 5.55. The van der Waals surface area contributed by atoms with E-state index in [1.807, 2.05) is 12.4 Å². The molecule has 1 N–H and O–H groups in total. The van der Waals surface area contributed by atoms with Crippen molar-refractivity contribution in [3.63, 3.8) is 0 Å². The third-order valence-electron chi connectivity index (χ3n) is 5.79. The molecule has 0 saturated carbocycles. The number of anilines is 2. The molecule has 2 aliphatic heterocycles. The van der Waals surface area contributed by atoms with Crippen LogP contribution in [0.4, 0.5) is 11.6 Å². The van der Waals surface area contributed by atoms with Crippen LogP contribution in [0.1, 0.15) is 12.8 Å². The molecule has 27 heavy (non-hydrogen) atoms. The first-order valence-corrected chi connectivity index (χ1v) is 10.0. The number of para-hydroxylation sites is 1. The minimum Gasteiger partial charge on any atom is -0.368 e. The lowest BCUT2D eigenvalue weighted by Gasteiger charge is -2.35. The fourth-order valence-corrected chi connectivity index (χ4v) is 4.11. The molecule has 3 heterocycles. The maximum atomic E-state index is 4.71. The summed E-state index contributed by atoms with van der Waals surface area (Å²) in [5, 5.41) is 3.42. The maximum absolute atomic E-state index is 4.71. The molecule has 0 bridgehead atoms. The highest BCUT2D eigenvalue weighted by atomic mass is 15.3. The fourth-order valence-electron chi connectivity index (χ4n) is 4.11. The topological polar surface area (TPSA) is 47.5 Å². The van der Waals surface area contributed by atoms with Gasteiger partial charge in [-0.25, -0.2) is 9.97 Å². The molecule has 0 atom stereocenters. The average molecular weight is 367 g/mol. The summed E-state index contributed by atoms with van der Waals surface area (Å²) in [6.45, 7) is 6.20. The molecule has 0 aliphatic carbocycles. The Morgan fingerprint density at radius 3 is 2.26 bits per heavy atom. The first kappa shape index (κ1) is 18.2. The summed E-state index contributed by atoms with van der Waals surface area (Å²) in [6, 6.07) is 9.27. The van der Waals surface area contributed by atoms with Crippen molar-refractivity contribution in [1.29, 1.82) is 0 Å². The van der Waals surface area contributed by atoms with Crippen molar-refractivity contribution < 1.29 is 0 Å². The van der Waals surface area contributed by atoms with Gasteiger partial charge in [0.05, 0.1) is 0 Å². The predicted octanol–water partition coefficient (Wildman–Crippen LogP) is 2.08. The molecule has 6 heteroatoms. The zero-order valence-corrected chi connectivity index (χ0v) is 16.4. The van der Waals surface area contributed by atoms with Gasteiger partial charge in [-0.1, -0.05) is 18.2 Å². The van der Waals surface area contributed by atoms with Crippen LogP contribution in [0.5, 0.6) is 0 Å². The van der Waals surface area contributed by atoms with Gasteiger partial charge < -0.3 is 20.0 Å². The van der Waals surface area contributed by atoms with E-state index in [1.54, 1.807) is 0 Å². The SMILES string of the molecule is CN(C)C1CCN(c2ncc(-c3ccccc3N3CCNCC3)cn2)CC1. The lowest BCUT2D eigenvalue weighted by atomic mass is 10.0. The predicted molar refractivity (Wildman–Crippen MR) is 111 cm³/mol. The number of piperidine rings is 1. The number of aromatic nitrogens is 2. The Labute approximate surface area is 162 Å². The lowest BCUT2D eigenvalue weighted by Crippen LogP contribution is -2.43. The van der Waals surface area contributed by atoms with Crippen LogP contribution >= 0.6 is 0 Å². The molecule has 2 saturated heterocycles. The van der Waals surface area contributed by atoms with Gasteiger partial charge in [0.25, 0.3) is 0 Å². The number of piperazine rings is 1. The Balaban J connectivity index is 1.50. The fraction of sp³-hybridized carbons (Fsp3) is 0.524. The number of nitrogens with one attached hydrogen (secondary N) is 1. The zero-order valence-electron chi connectivity index (χ0n) is 16.4. The van der Waals surface area contributed by atoms with Crippen molar-refractivity contribution >= 4 is 11.6 Å². The summed E-state index contributed by atoms with van der Waals surface area (Å²) in [6.07, 6.45) is 6.32. The van der Waals surface area contributed by atoms with Crippen LogP contribution < -0.4 is 15.1 Å². The summed E-state index contributed by atoms with van der Waals surface area (Å²) < 4.78 is 0. The van der Waals surface area contributed by atoms with Crippen molar-refractivity contribution in [3.05, 3.63) is 36.7 Å². The molecule has 0 radical (unpaired) electrons. The van der Waals surface area contributed by atoms with E-state index in [0.717, 1.165) is 50.8 Å². The lowest BCUT2D eigenvalue weighted by molar-refractivity contribution is 0.249. The minimum atomic E-state index is 0.673. The third-order valence-corrected chi connectivity index (χ3v) is 5.79. The van der Waals surface area contributed by atoms with Crippen LogP contribution in [-0.2, 0) is 0 Å². The van der Waals surface area contributed by atoms with E-state index >= 15 is 0 Å². The maximum Gasteiger partial charge on any atom is 0.225 e. The second kappa shape index (κ2) is 8.23. The van der Waals surface area contributed by atoms with E-state index in [2.05, 4.69) is 58.4 Å². The number of hydrogen-bond donors (Lipinski definition) is 1. The molecule has 1 aromatic carbocycles. The number of hydrogen-bond acceptors (Lipinski definition) is 6. The van der Waals surface area contributed by atoms with Gasteiger partial charge >= 0.3 is 0 Å². The summed E-state index contributed by atoms with van der Waals surface area (Å²) >= 11 is 0. The monoisotopic (exact) mass is 366 g/mol. The average Bonchev–Trinajstić information content (AvgIpc) is 2.74. The highest BCUT2D eigenvalue weighted by molar-refractivity contribution is 5.78. The molecule has 2 fully saturated rings. The molecule has 0 spiro atoms. The molecule has 0 amide bonds. The van der Waals surface area contributed by atoms with Crippen molar-refractivity contribution in [2.24, 2.45) is 0 Å². The summed E-state index contributed by atoms with van der Waals surface area (Å²) in [4.78, 5) is 16.5. The Morgan fingerprint density at radius 1 is 0.926 bits per heavy atom. The first-order chi connectivity index (χ1) is 13.2. The molecule has 1 aromatic heterocycles. The van der Waals surface area contributed by atoms with Gasteiger partial charge in [-0.05, 0) is 33.0 Å². The Bertz CT molecular complexity index is 731. The third kappa shape index (κ3) is 4.06. The van der Waals surface area contributed by atoms with Gasteiger partial charge in [0, 0.05) is 74.5 Å². The standard InChI is InChI=1S/C21H30N6/c1-25(2)18-7-11-27(12-8-18)21-23-15-17(16-24-21)19-5-3-4-6-20(19)26-13-9-22-10-14-26/h3-6,15-16,18,22H,7-14H2,1-2H3. The van der Waals surface area contributed by atoms with Crippen LogP contribution in [0.3, 0.4) is 0 Å². The zero-order chi connectivity index (χ0) is 18.6. The van der Waals surface area contributed by atoms with Crippen molar-refractivity contribution in [2.75, 3.05) is 63.2 Å². The first-order valence-electron chi connectivity index (χ1n) is 10.0. The summed E-state index contributed by atoms with van der Waals surface area (Å²) in [7, 11) is 4.34. The smallest absolute Gasteiger partial charge is 0.225 e. The summed E-state index contributed by atoms with van der Waals surface area (Å²) in [5.74, 6) is 0.857. The molecular weight excluding hydrogens is 336 g/mol. The van der Waals surface area contributed by atoms with Crippen LogP contribution in [0.15, 0.2) is 36.7 Å². The molecule has 2 aromatic rings. The molecule has 4 rings (SSSR count). The second-order valence-electron chi connectivity index (χ2n) is 7.71. The Morgan fingerprint density at radius 2 is 1.59 bits per heavy atom. The van der Waals surface area contributed by atoms with Crippen LogP contribution in [0.2, 0.25) is 0 Å². The number of nitrogens with zero attached hydrogens (tertiary/aromatic N) is 5. The van der Waals surface area contributed by atoms with Crippen LogP contribution in [0.25, 0.3) is 11.1 Å². The molecule has 144 valence electrons. The summed E-state index contributed by atoms with van der Waals surface area (Å²) in [5.41, 5.74) is 3.59. The Hall–Kier alpha value is -2.18. The highest BCUT2D eigenvalue weighted by Crippen LogP contribution is 2.31. The van der Waals surface area contributed by atoms with Gasteiger partial charge in [-0.15, -0.1) is 0 Å². The van der Waals surface area contributed by atoms with Crippen LogP contribution in [-0.4, -0.2) is 74.3 Å². The molecule has 2 aliphatic rings. The second-order valence-corrected chi connectivity index (χ2v) is 7.71. The van der Waals surface area contributed by atoms with Gasteiger partial charge in [-0.2, -0.15) is 0 Å². The highest BCUT2D eigenvalue weighted by Gasteiger charge is 2.22. The van der Waals surface area contributed by atoms with Crippen LogP contribution in [0, 0.1) is 0 Å². The van der Waals surface area contributed by atoms with E-state index in [9.17, 15) is 0 Å².